The van der Waals surface area contributed by atoms with E-state index in [9.17, 15) is 5.11 Å². The molecule has 0 radical (unpaired) electrons. The number of H-pyrrole nitrogens is 1. The van der Waals surface area contributed by atoms with E-state index in [-0.39, 0.29) is 12.0 Å². The van der Waals surface area contributed by atoms with Crippen LogP contribution in [0.2, 0.25) is 0 Å². The molecule has 0 aliphatic carbocycles. The van der Waals surface area contributed by atoms with E-state index in [2.05, 4.69) is 69.7 Å². The van der Waals surface area contributed by atoms with Crippen LogP contribution >= 0.6 is 0 Å². The van der Waals surface area contributed by atoms with Gasteiger partial charge in [-0.05, 0) is 36.1 Å². The topological polar surface area (TPSA) is 52.1 Å². The standard InChI is InChI=1S/C22H25N3O/c1-16-11-20(24-23-16)12-19-14-25(15-22(19)26)13-18-9-5-6-10-21(18)17-7-3-2-4-8-17/h2-11,19,22,26H,12-15H2,1H3,(H,23,24)/t19-,22-/m1/s1. The number of aliphatic hydroxyl groups excluding tert-OH is 1. The fourth-order valence-electron chi connectivity index (χ4n) is 3.92. The summed E-state index contributed by atoms with van der Waals surface area (Å²) in [5.74, 6) is 0.238. The fraction of sp³-hybridized carbons (Fsp3) is 0.318. The normalized spacial score (nSPS) is 20.5. The van der Waals surface area contributed by atoms with Gasteiger partial charge in [-0.25, -0.2) is 0 Å². The maximum atomic E-state index is 10.5. The Morgan fingerprint density at radius 2 is 1.85 bits per heavy atom. The molecule has 0 unspecified atom stereocenters. The average Bonchev–Trinajstić information content (AvgIpc) is 3.22. The number of rotatable bonds is 5. The van der Waals surface area contributed by atoms with Crippen molar-refractivity contribution in [2.24, 2.45) is 5.92 Å². The van der Waals surface area contributed by atoms with Crippen molar-refractivity contribution in [3.05, 3.63) is 77.6 Å². The van der Waals surface area contributed by atoms with Crippen molar-refractivity contribution in [3.8, 4) is 11.1 Å². The molecule has 1 fully saturated rings. The number of β-amino-alcohol motifs (C(OH)–C–C–N with tert-alkyl or cyclic N) is 1. The smallest absolute Gasteiger partial charge is 0.0711 e. The molecule has 4 rings (SSSR count). The zero-order valence-electron chi connectivity index (χ0n) is 15.1. The van der Waals surface area contributed by atoms with Crippen LogP contribution in [0.25, 0.3) is 11.1 Å². The number of likely N-dealkylation sites (tertiary alicyclic amines) is 1. The molecule has 1 aliphatic rings. The second kappa shape index (κ2) is 7.44. The monoisotopic (exact) mass is 347 g/mol. The van der Waals surface area contributed by atoms with Crippen LogP contribution in [0.1, 0.15) is 17.0 Å². The summed E-state index contributed by atoms with van der Waals surface area (Å²) in [7, 11) is 0. The average molecular weight is 347 g/mol. The Balaban J connectivity index is 1.47. The van der Waals surface area contributed by atoms with Crippen molar-refractivity contribution in [1.82, 2.24) is 15.1 Å². The first-order valence-corrected chi connectivity index (χ1v) is 9.23. The second-order valence-corrected chi connectivity index (χ2v) is 7.29. The van der Waals surface area contributed by atoms with Gasteiger partial charge in [-0.1, -0.05) is 54.6 Å². The van der Waals surface area contributed by atoms with Gasteiger partial charge >= 0.3 is 0 Å². The van der Waals surface area contributed by atoms with Crippen molar-refractivity contribution in [2.45, 2.75) is 26.0 Å². The van der Waals surface area contributed by atoms with Gasteiger partial charge in [0, 0.05) is 31.2 Å². The highest BCUT2D eigenvalue weighted by Gasteiger charge is 2.32. The number of aliphatic hydroxyl groups is 1. The highest BCUT2D eigenvalue weighted by Crippen LogP contribution is 2.28. The second-order valence-electron chi connectivity index (χ2n) is 7.29. The number of nitrogens with one attached hydrogen (secondary N) is 1. The number of hydrogen-bond acceptors (Lipinski definition) is 3. The van der Waals surface area contributed by atoms with E-state index >= 15 is 0 Å². The summed E-state index contributed by atoms with van der Waals surface area (Å²) in [4.78, 5) is 2.36. The van der Waals surface area contributed by atoms with Gasteiger partial charge in [-0.3, -0.25) is 10.00 Å². The first-order chi connectivity index (χ1) is 12.7. The van der Waals surface area contributed by atoms with Gasteiger partial charge < -0.3 is 5.11 Å². The molecule has 0 saturated carbocycles. The van der Waals surface area contributed by atoms with E-state index < -0.39 is 0 Å². The van der Waals surface area contributed by atoms with Crippen LogP contribution in [-0.2, 0) is 13.0 Å². The van der Waals surface area contributed by atoms with E-state index in [1.165, 1.54) is 16.7 Å². The lowest BCUT2D eigenvalue weighted by Gasteiger charge is -2.18. The summed E-state index contributed by atoms with van der Waals surface area (Å²) in [6, 6.07) is 21.1. The largest absolute Gasteiger partial charge is 0.391 e. The lowest BCUT2D eigenvalue weighted by Crippen LogP contribution is -2.21. The third-order valence-electron chi connectivity index (χ3n) is 5.21. The quantitative estimate of drug-likeness (QED) is 0.743. The molecule has 0 spiro atoms. The van der Waals surface area contributed by atoms with Gasteiger partial charge in [0.25, 0.3) is 0 Å². The molecule has 0 bridgehead atoms. The summed E-state index contributed by atoms with van der Waals surface area (Å²) < 4.78 is 0. The maximum absolute atomic E-state index is 10.5. The first-order valence-electron chi connectivity index (χ1n) is 9.23. The van der Waals surface area contributed by atoms with Crippen molar-refractivity contribution >= 4 is 0 Å². The number of aromatic nitrogens is 2. The van der Waals surface area contributed by atoms with E-state index in [0.29, 0.717) is 0 Å². The van der Waals surface area contributed by atoms with Gasteiger partial charge in [0.15, 0.2) is 0 Å². The minimum Gasteiger partial charge on any atom is -0.391 e. The third-order valence-corrected chi connectivity index (χ3v) is 5.21. The first kappa shape index (κ1) is 17.0. The van der Waals surface area contributed by atoms with Gasteiger partial charge in [0.05, 0.1) is 11.8 Å². The molecular formula is C22H25N3O. The number of aryl methyl sites for hydroxylation is 1. The van der Waals surface area contributed by atoms with E-state index in [4.69, 9.17) is 0 Å². The molecule has 1 saturated heterocycles. The Hall–Kier alpha value is -2.43. The van der Waals surface area contributed by atoms with Crippen LogP contribution in [-0.4, -0.2) is 39.4 Å². The van der Waals surface area contributed by atoms with Crippen LogP contribution in [0.4, 0.5) is 0 Å². The van der Waals surface area contributed by atoms with Gasteiger partial charge in [-0.2, -0.15) is 5.10 Å². The summed E-state index contributed by atoms with van der Waals surface area (Å²) in [6.45, 7) is 4.49. The molecule has 2 aromatic carbocycles. The SMILES string of the molecule is Cc1cc(C[C@@H]2CN(Cc3ccccc3-c3ccccc3)C[C@H]2O)n[nH]1. The third kappa shape index (κ3) is 3.71. The molecule has 1 aromatic heterocycles. The minimum atomic E-state index is -0.295. The molecule has 4 nitrogen and oxygen atoms in total. The number of hydrogen-bond donors (Lipinski definition) is 2. The molecular weight excluding hydrogens is 322 g/mol. The molecule has 2 atom stereocenters. The van der Waals surface area contributed by atoms with Crippen molar-refractivity contribution in [1.29, 1.82) is 0 Å². The van der Waals surface area contributed by atoms with Crippen molar-refractivity contribution in [2.75, 3.05) is 13.1 Å². The molecule has 0 amide bonds. The highest BCUT2D eigenvalue weighted by atomic mass is 16.3. The predicted octanol–water partition coefficient (Wildman–Crippen LogP) is 3.42. The molecule has 1 aliphatic heterocycles. The fourth-order valence-corrected chi connectivity index (χ4v) is 3.92. The number of benzene rings is 2. The molecule has 2 N–H and O–H groups in total. The van der Waals surface area contributed by atoms with E-state index in [1.54, 1.807) is 0 Å². The summed E-state index contributed by atoms with van der Waals surface area (Å²) in [5.41, 5.74) is 5.93. The van der Waals surface area contributed by atoms with Crippen molar-refractivity contribution < 1.29 is 5.11 Å². The molecule has 134 valence electrons. The lowest BCUT2D eigenvalue weighted by atomic mass is 9.99. The lowest BCUT2D eigenvalue weighted by molar-refractivity contribution is 0.140. The zero-order valence-corrected chi connectivity index (χ0v) is 15.1. The Kier molecular flexibility index (Phi) is 4.87. The van der Waals surface area contributed by atoms with Crippen LogP contribution in [0.5, 0.6) is 0 Å². The van der Waals surface area contributed by atoms with Crippen LogP contribution in [0, 0.1) is 12.8 Å². The Bertz CT molecular complexity index is 859. The Morgan fingerprint density at radius 3 is 2.62 bits per heavy atom. The minimum absolute atomic E-state index is 0.238. The van der Waals surface area contributed by atoms with Crippen LogP contribution in [0.15, 0.2) is 60.7 Å². The maximum Gasteiger partial charge on any atom is 0.0711 e. The summed E-state index contributed by atoms with van der Waals surface area (Å²) >= 11 is 0. The van der Waals surface area contributed by atoms with Gasteiger partial charge in [0.1, 0.15) is 0 Å². The molecule has 2 heterocycles. The van der Waals surface area contributed by atoms with Crippen LogP contribution < -0.4 is 0 Å². The summed E-state index contributed by atoms with van der Waals surface area (Å²) in [6.07, 6.45) is 0.526. The van der Waals surface area contributed by atoms with Crippen LogP contribution in [0.3, 0.4) is 0 Å². The number of aromatic amines is 1. The highest BCUT2D eigenvalue weighted by molar-refractivity contribution is 5.67. The van der Waals surface area contributed by atoms with Gasteiger partial charge in [0.2, 0.25) is 0 Å². The van der Waals surface area contributed by atoms with Gasteiger partial charge in [-0.15, -0.1) is 0 Å². The van der Waals surface area contributed by atoms with Crippen molar-refractivity contribution in [3.63, 3.8) is 0 Å². The predicted molar refractivity (Wildman–Crippen MR) is 104 cm³/mol. The van der Waals surface area contributed by atoms with E-state index in [0.717, 1.165) is 37.4 Å². The summed E-state index contributed by atoms with van der Waals surface area (Å²) in [5, 5.41) is 17.8. The Labute approximate surface area is 154 Å². The zero-order chi connectivity index (χ0) is 17.9. The molecule has 4 heteroatoms. The Morgan fingerprint density at radius 1 is 1.08 bits per heavy atom. The molecule has 26 heavy (non-hydrogen) atoms. The molecule has 3 aromatic rings. The van der Waals surface area contributed by atoms with E-state index in [1.807, 2.05) is 13.0 Å². The number of nitrogens with zero attached hydrogens (tertiary/aromatic N) is 2.